The van der Waals surface area contributed by atoms with Gasteiger partial charge in [0.05, 0.1) is 65.6 Å². The number of piperazine rings is 2. The summed E-state index contributed by atoms with van der Waals surface area (Å²) in [6.07, 6.45) is -6.80. The summed E-state index contributed by atoms with van der Waals surface area (Å²) in [6.45, 7) is 4.87. The van der Waals surface area contributed by atoms with E-state index in [4.69, 9.17) is 42.6 Å². The molecule has 5 fully saturated rings. The summed E-state index contributed by atoms with van der Waals surface area (Å²) in [7, 11) is 2.86. The normalized spacial score (nSPS) is 32.6. The van der Waals surface area contributed by atoms with Crippen LogP contribution in [0.4, 0.5) is 0 Å². The maximum Gasteiger partial charge on any atom is 0.310 e. The molecule has 4 amide bonds. The lowest BCUT2D eigenvalue weighted by Gasteiger charge is -2.47. The molecule has 21 heteroatoms. The number of phenols is 1. The smallest absolute Gasteiger partial charge is 0.310 e. The first kappa shape index (κ1) is 42.6. The maximum absolute atomic E-state index is 13.4. The number of carbonyl (C=O) groups is 5. The molecule has 0 saturated carbocycles. The molecule has 0 aromatic heterocycles. The number of aromatic hydroxyl groups is 1. The zero-order valence-electron chi connectivity index (χ0n) is 33.8. The van der Waals surface area contributed by atoms with E-state index in [0.717, 1.165) is 0 Å². The Morgan fingerprint density at radius 1 is 0.803 bits per heavy atom. The Morgan fingerprint density at radius 3 is 2.03 bits per heavy atom. The largest absolute Gasteiger partial charge is 0.502 e. The summed E-state index contributed by atoms with van der Waals surface area (Å²) >= 11 is 0. The third-order valence-electron chi connectivity index (χ3n) is 11.9. The number of imide groups is 2. The van der Waals surface area contributed by atoms with E-state index >= 15 is 0 Å². The van der Waals surface area contributed by atoms with Crippen LogP contribution in [0.25, 0.3) is 0 Å². The van der Waals surface area contributed by atoms with E-state index in [1.807, 2.05) is 6.92 Å². The molecule has 2 aromatic carbocycles. The van der Waals surface area contributed by atoms with Crippen LogP contribution in [0.1, 0.15) is 42.6 Å². The highest BCUT2D eigenvalue weighted by Crippen LogP contribution is 2.57. The van der Waals surface area contributed by atoms with E-state index in [0.29, 0.717) is 34.7 Å². The number of benzene rings is 2. The molecule has 9 rings (SSSR count). The molecule has 2 aromatic rings. The van der Waals surface area contributed by atoms with Crippen LogP contribution in [0.3, 0.4) is 0 Å². The number of aliphatic hydroxyl groups is 2. The Bertz CT molecular complexity index is 2010. The SMILES string of the molecule is COc1cc([C@@H]2c3cc4c(cc3[C@@H](O[C@@H]3O[C@@H]5CO[C@@H](C)O[C@H]5[C@H](O)[C@H]3O)[C@H]3COC(=O)[C@H]23)OCO4)cc(OC)c1O.C[C@@H](CN1CC(=O)NC(=O)C1)N1CC(=O)NC(=O)C1. The first-order valence-electron chi connectivity index (χ1n) is 19.8. The average molecular weight is 857 g/mol. The maximum atomic E-state index is 13.4. The highest BCUT2D eigenvalue weighted by atomic mass is 16.8. The van der Waals surface area contributed by atoms with Crippen molar-refractivity contribution in [3.8, 4) is 28.7 Å². The number of methoxy groups -OCH3 is 2. The Kier molecular flexibility index (Phi) is 12.1. The zero-order chi connectivity index (χ0) is 43.3. The average Bonchev–Trinajstić information content (AvgIpc) is 3.85. The Morgan fingerprint density at radius 2 is 1.41 bits per heavy atom. The number of hydrogen-bond acceptors (Lipinski definition) is 19. The number of fused-ring (bicyclic) bond motifs is 4. The van der Waals surface area contributed by atoms with Crippen LogP contribution >= 0.6 is 0 Å². The lowest BCUT2D eigenvalue weighted by Crippen LogP contribution is -2.63. The van der Waals surface area contributed by atoms with E-state index in [1.54, 1.807) is 41.0 Å². The van der Waals surface area contributed by atoms with Crippen molar-refractivity contribution in [1.29, 1.82) is 0 Å². The summed E-state index contributed by atoms with van der Waals surface area (Å²) in [5.41, 5.74) is 2.01. The molecule has 5 saturated heterocycles. The third-order valence-corrected chi connectivity index (χ3v) is 11.9. The predicted molar refractivity (Wildman–Crippen MR) is 202 cm³/mol. The topological polar surface area (TPSA) is 260 Å². The first-order chi connectivity index (χ1) is 29.2. The van der Waals surface area contributed by atoms with Gasteiger partial charge in [0.2, 0.25) is 36.2 Å². The molecule has 7 aliphatic rings. The number of rotatable bonds is 8. The Hall–Kier alpha value is -5.13. The van der Waals surface area contributed by atoms with E-state index in [1.165, 1.54) is 14.2 Å². The van der Waals surface area contributed by atoms with E-state index < -0.39 is 66.8 Å². The number of phenolic OH excluding ortho intramolecular Hbond substituents is 1. The van der Waals surface area contributed by atoms with Crippen LogP contribution in [0.2, 0.25) is 0 Å². The summed E-state index contributed by atoms with van der Waals surface area (Å²) in [6, 6.07) is 6.84. The molecule has 6 aliphatic heterocycles. The van der Waals surface area contributed by atoms with Gasteiger partial charge in [0.1, 0.15) is 24.4 Å². The lowest BCUT2D eigenvalue weighted by atomic mass is 9.66. The van der Waals surface area contributed by atoms with Gasteiger partial charge in [0.15, 0.2) is 35.6 Å². The molecule has 0 unspecified atom stereocenters. The van der Waals surface area contributed by atoms with E-state index in [-0.39, 0.29) is 93.1 Å². The lowest BCUT2D eigenvalue weighted by molar-refractivity contribution is -0.364. The molecule has 61 heavy (non-hydrogen) atoms. The molecular formula is C40H48N4O17. The van der Waals surface area contributed by atoms with Crippen molar-refractivity contribution in [1.82, 2.24) is 20.4 Å². The van der Waals surface area contributed by atoms with Gasteiger partial charge in [0, 0.05) is 24.4 Å². The van der Waals surface area contributed by atoms with Crippen molar-refractivity contribution in [2.75, 3.05) is 67.0 Å². The number of hydrogen-bond donors (Lipinski definition) is 5. The van der Waals surface area contributed by atoms with Gasteiger partial charge < -0.3 is 58.0 Å². The first-order valence-corrected chi connectivity index (χ1v) is 19.8. The number of esters is 1. The minimum atomic E-state index is -1.44. The van der Waals surface area contributed by atoms with Gasteiger partial charge in [-0.05, 0) is 54.8 Å². The molecule has 330 valence electrons. The van der Waals surface area contributed by atoms with Gasteiger partial charge in [0.25, 0.3) is 0 Å². The molecule has 0 radical (unpaired) electrons. The van der Waals surface area contributed by atoms with Gasteiger partial charge in [-0.3, -0.25) is 44.4 Å². The Balaban J connectivity index is 0.000000227. The van der Waals surface area contributed by atoms with Crippen LogP contribution in [-0.2, 0) is 47.7 Å². The van der Waals surface area contributed by atoms with E-state index in [2.05, 4.69) is 10.6 Å². The van der Waals surface area contributed by atoms with Crippen molar-refractivity contribution in [3.05, 3.63) is 41.0 Å². The van der Waals surface area contributed by atoms with Crippen LogP contribution < -0.4 is 29.6 Å². The third kappa shape index (κ3) is 8.43. The highest BCUT2D eigenvalue weighted by Gasteiger charge is 2.56. The molecule has 0 bridgehead atoms. The van der Waals surface area contributed by atoms with Crippen molar-refractivity contribution in [3.63, 3.8) is 0 Å². The zero-order valence-corrected chi connectivity index (χ0v) is 33.8. The van der Waals surface area contributed by atoms with Gasteiger partial charge in [-0.2, -0.15) is 0 Å². The number of nitrogens with zero attached hydrogens (tertiary/aromatic N) is 2. The fourth-order valence-electron chi connectivity index (χ4n) is 9.02. The molecular weight excluding hydrogens is 808 g/mol. The number of amides is 4. The van der Waals surface area contributed by atoms with Crippen LogP contribution in [0, 0.1) is 11.8 Å². The van der Waals surface area contributed by atoms with Crippen molar-refractivity contribution >= 4 is 29.6 Å². The summed E-state index contributed by atoms with van der Waals surface area (Å²) < 4.78 is 51.5. The molecule has 11 atom stereocenters. The molecule has 6 heterocycles. The molecule has 21 nitrogen and oxygen atoms in total. The monoisotopic (exact) mass is 856 g/mol. The van der Waals surface area contributed by atoms with Crippen molar-refractivity contribution in [2.24, 2.45) is 11.8 Å². The second kappa shape index (κ2) is 17.3. The fourth-order valence-corrected chi connectivity index (χ4v) is 9.02. The Labute approximate surface area is 349 Å². The number of aliphatic hydroxyl groups excluding tert-OH is 2. The van der Waals surface area contributed by atoms with Gasteiger partial charge in [-0.25, -0.2) is 0 Å². The predicted octanol–water partition coefficient (Wildman–Crippen LogP) is -1.37. The second-order valence-corrected chi connectivity index (χ2v) is 15.9. The van der Waals surface area contributed by atoms with Gasteiger partial charge in [-0.1, -0.05) is 0 Å². The number of ether oxygens (including phenoxy) is 9. The van der Waals surface area contributed by atoms with Crippen LogP contribution in [0.5, 0.6) is 28.7 Å². The fraction of sp³-hybridized carbons (Fsp3) is 0.575. The van der Waals surface area contributed by atoms with E-state index in [9.17, 15) is 39.3 Å². The number of carbonyl (C=O) groups excluding carboxylic acids is 5. The van der Waals surface area contributed by atoms with Gasteiger partial charge in [-0.15, -0.1) is 0 Å². The minimum Gasteiger partial charge on any atom is -0.502 e. The highest BCUT2D eigenvalue weighted by molar-refractivity contribution is 6.00. The van der Waals surface area contributed by atoms with Gasteiger partial charge >= 0.3 is 5.97 Å². The summed E-state index contributed by atoms with van der Waals surface area (Å²) in [5, 5.41) is 37.0. The van der Waals surface area contributed by atoms with Crippen LogP contribution in [0.15, 0.2) is 24.3 Å². The summed E-state index contributed by atoms with van der Waals surface area (Å²) in [5.74, 6) is -2.32. The standard InChI is InChI=1S/C29H32O13.C11H16N4O4/c1-11-36-9-20-27(40-11)24(31)25(32)29(41-20)42-26-14-7-17-16(38-10-39-17)6-13(14)21(22-15(26)8-37-28(22)33)12-4-18(34-2)23(30)19(5-12)35-3;1-7(15-5-10(18)13-11(19)6-15)2-14-3-8(16)12-9(17)4-14/h4-7,11,15,20-22,24-27,29-32H,8-10H2,1-3H3;7H,2-6H2,1H3,(H,12,16,17)(H,13,18,19)/t11-,15+,20-,21-,22+,24-,25-,26-,27-,29+;7-/m10/s1. The summed E-state index contributed by atoms with van der Waals surface area (Å²) in [4.78, 5) is 61.9. The van der Waals surface area contributed by atoms with Crippen LogP contribution in [-0.4, -0.2) is 165 Å². The molecule has 1 aliphatic carbocycles. The molecule has 0 spiro atoms. The van der Waals surface area contributed by atoms with Crippen molar-refractivity contribution < 1.29 is 81.9 Å². The minimum absolute atomic E-state index is 0.0301. The van der Waals surface area contributed by atoms with Crippen molar-refractivity contribution in [2.45, 2.75) is 68.9 Å². The molecule has 5 N–H and O–H groups in total. The quantitative estimate of drug-likeness (QED) is 0.152. The number of cyclic esters (lactones) is 1. The number of nitrogens with one attached hydrogen (secondary N) is 2. The second-order valence-electron chi connectivity index (χ2n) is 15.9.